The second-order valence-corrected chi connectivity index (χ2v) is 9.45. The van der Waals surface area contributed by atoms with E-state index in [0.717, 1.165) is 17.5 Å². The molecule has 1 fully saturated rings. The average molecular weight is 519 g/mol. The first-order valence-electron chi connectivity index (χ1n) is 13.2. The van der Waals surface area contributed by atoms with Crippen molar-refractivity contribution in [2.45, 2.75) is 57.2 Å². The van der Waals surface area contributed by atoms with Crippen molar-refractivity contribution in [3.05, 3.63) is 71.1 Å². The molecule has 200 valence electrons. The first kappa shape index (κ1) is 27.0. The van der Waals surface area contributed by atoms with E-state index < -0.39 is 24.4 Å². The number of carbonyl (C=O) groups is 3. The van der Waals surface area contributed by atoms with Gasteiger partial charge in [0.05, 0.1) is 6.61 Å². The number of benzene rings is 2. The van der Waals surface area contributed by atoms with E-state index in [4.69, 9.17) is 16.0 Å². The van der Waals surface area contributed by atoms with Crippen molar-refractivity contribution < 1.29 is 23.9 Å². The van der Waals surface area contributed by atoms with Gasteiger partial charge in [-0.3, -0.25) is 14.5 Å². The van der Waals surface area contributed by atoms with Gasteiger partial charge >= 0.3 is 18.4 Å². The van der Waals surface area contributed by atoms with Gasteiger partial charge in [0.2, 0.25) is 0 Å². The topological polar surface area (TPSA) is 101 Å². The zero-order valence-electron chi connectivity index (χ0n) is 21.7. The van der Waals surface area contributed by atoms with Crippen molar-refractivity contribution in [1.82, 2.24) is 15.5 Å². The van der Waals surface area contributed by atoms with Crippen molar-refractivity contribution in [1.29, 1.82) is 0 Å². The van der Waals surface area contributed by atoms with Crippen LogP contribution in [0.15, 0.2) is 48.5 Å². The summed E-state index contributed by atoms with van der Waals surface area (Å²) in [6.45, 7) is 10.4. The van der Waals surface area contributed by atoms with Crippen LogP contribution in [0.2, 0.25) is 0 Å². The highest BCUT2D eigenvalue weighted by molar-refractivity contribution is 5.86. The van der Waals surface area contributed by atoms with E-state index in [1.165, 1.54) is 11.1 Å². The molecule has 1 aliphatic carbocycles. The zero-order valence-corrected chi connectivity index (χ0v) is 21.7. The van der Waals surface area contributed by atoms with Gasteiger partial charge in [-0.05, 0) is 54.9 Å². The smallest absolute Gasteiger partial charge is 0.407 e. The van der Waals surface area contributed by atoms with Gasteiger partial charge in [-0.1, -0.05) is 48.5 Å². The molecule has 9 heteroatoms. The van der Waals surface area contributed by atoms with Crippen LogP contribution >= 0.6 is 0 Å². The number of carbonyl (C=O) groups excluding carboxylic acids is 3. The molecule has 4 rings (SSSR count). The highest BCUT2D eigenvalue weighted by Gasteiger charge is 2.37. The fourth-order valence-corrected chi connectivity index (χ4v) is 5.23. The van der Waals surface area contributed by atoms with Crippen LogP contribution in [0.4, 0.5) is 9.59 Å². The Morgan fingerprint density at radius 1 is 1.03 bits per heavy atom. The number of unbranched alkanes of at least 4 members (excludes halogenated alkanes) is 1. The number of hydrogen-bond acceptors (Lipinski definition) is 5. The van der Waals surface area contributed by atoms with E-state index in [-0.39, 0.29) is 25.0 Å². The Bertz CT molecular complexity index is 1150. The van der Waals surface area contributed by atoms with Crippen LogP contribution in [0.25, 0.3) is 16.0 Å². The molecule has 0 saturated carbocycles. The van der Waals surface area contributed by atoms with E-state index in [1.54, 1.807) is 11.8 Å². The van der Waals surface area contributed by atoms with Crippen LogP contribution in [0.1, 0.15) is 56.1 Å². The van der Waals surface area contributed by atoms with Crippen LogP contribution in [0.3, 0.4) is 0 Å². The lowest BCUT2D eigenvalue weighted by Crippen LogP contribution is -2.49. The Morgan fingerprint density at radius 3 is 2.37 bits per heavy atom. The summed E-state index contributed by atoms with van der Waals surface area (Å²) in [5, 5.41) is 5.42. The monoisotopic (exact) mass is 518 g/mol. The molecule has 1 heterocycles. The zero-order chi connectivity index (χ0) is 26.9. The number of nitrogens with one attached hydrogen (secondary N) is 2. The van der Waals surface area contributed by atoms with Gasteiger partial charge in [0, 0.05) is 25.4 Å². The van der Waals surface area contributed by atoms with Crippen molar-refractivity contribution in [3.63, 3.8) is 0 Å². The lowest BCUT2D eigenvalue weighted by molar-refractivity contribution is -0.133. The van der Waals surface area contributed by atoms with Crippen LogP contribution < -0.4 is 10.6 Å². The van der Waals surface area contributed by atoms with E-state index in [9.17, 15) is 14.4 Å². The highest BCUT2D eigenvalue weighted by Crippen LogP contribution is 2.44. The molecule has 3 amide bonds. The molecule has 2 aromatic carbocycles. The largest absolute Gasteiger partial charge is 0.450 e. The predicted molar refractivity (Wildman–Crippen MR) is 142 cm³/mol. The van der Waals surface area contributed by atoms with E-state index in [1.807, 2.05) is 24.3 Å². The summed E-state index contributed by atoms with van der Waals surface area (Å²) in [5.74, 6) is -0.264. The maximum absolute atomic E-state index is 13.0. The molecule has 2 aliphatic rings. The van der Waals surface area contributed by atoms with Gasteiger partial charge in [0.1, 0.15) is 12.6 Å². The van der Waals surface area contributed by atoms with Crippen LogP contribution in [-0.4, -0.2) is 61.5 Å². The second-order valence-electron chi connectivity index (χ2n) is 9.45. The minimum atomic E-state index is -0.772. The number of nitrogens with zero attached hydrogens (tertiary/aromatic N) is 2. The van der Waals surface area contributed by atoms with Crippen molar-refractivity contribution in [2.75, 3.05) is 26.3 Å². The molecule has 1 unspecified atom stereocenters. The highest BCUT2D eigenvalue weighted by atomic mass is 16.6. The summed E-state index contributed by atoms with van der Waals surface area (Å²) < 4.78 is 10.5. The molecule has 0 spiro atoms. The van der Waals surface area contributed by atoms with Gasteiger partial charge in [0.25, 0.3) is 5.91 Å². The predicted octanol–water partition coefficient (Wildman–Crippen LogP) is 4.68. The van der Waals surface area contributed by atoms with Crippen LogP contribution in [0.5, 0.6) is 0 Å². The Balaban J connectivity index is 1.23. The van der Waals surface area contributed by atoms with Crippen molar-refractivity contribution >= 4 is 18.1 Å². The van der Waals surface area contributed by atoms with Gasteiger partial charge < -0.3 is 20.1 Å². The summed E-state index contributed by atoms with van der Waals surface area (Å²) >= 11 is 0. The third-order valence-corrected chi connectivity index (χ3v) is 7.05. The van der Waals surface area contributed by atoms with Crippen LogP contribution in [0, 0.1) is 6.57 Å². The molecule has 38 heavy (non-hydrogen) atoms. The first-order valence-corrected chi connectivity index (χ1v) is 13.2. The molecule has 0 aromatic heterocycles. The maximum atomic E-state index is 13.0. The number of hydrogen-bond donors (Lipinski definition) is 2. The fraction of sp³-hybridized carbons (Fsp3) is 0.448. The van der Waals surface area contributed by atoms with Crippen LogP contribution in [-0.2, 0) is 14.3 Å². The Kier molecular flexibility index (Phi) is 9.20. The third kappa shape index (κ3) is 6.25. The van der Waals surface area contributed by atoms with Gasteiger partial charge in [-0.15, -0.1) is 0 Å². The van der Waals surface area contributed by atoms with Gasteiger partial charge in [-0.2, -0.15) is 0 Å². The maximum Gasteiger partial charge on any atom is 0.407 e. The molecule has 9 nitrogen and oxygen atoms in total. The van der Waals surface area contributed by atoms with Crippen molar-refractivity contribution in [3.8, 4) is 11.1 Å². The molecule has 0 bridgehead atoms. The quantitative estimate of drug-likeness (QED) is 0.351. The summed E-state index contributed by atoms with van der Waals surface area (Å²) in [5.41, 5.74) is 4.66. The Hall–Kier alpha value is -4.06. The van der Waals surface area contributed by atoms with Crippen molar-refractivity contribution in [2.24, 2.45) is 0 Å². The lowest BCUT2D eigenvalue weighted by Gasteiger charge is -2.24. The number of likely N-dealkylation sites (tertiary alicyclic amines) is 1. The molecule has 2 atom stereocenters. The number of rotatable bonds is 10. The molecule has 2 aromatic rings. The molecular formula is C29H34N4O5. The minimum absolute atomic E-state index is 0.00117. The second kappa shape index (κ2) is 13.0. The van der Waals surface area contributed by atoms with E-state index in [2.05, 4.69) is 39.7 Å². The fourth-order valence-electron chi connectivity index (χ4n) is 5.23. The summed E-state index contributed by atoms with van der Waals surface area (Å²) in [6, 6.07) is 15.6. The number of alkyl carbamates (subject to hydrolysis) is 2. The molecule has 1 aliphatic heterocycles. The van der Waals surface area contributed by atoms with E-state index in [0.29, 0.717) is 38.8 Å². The lowest BCUT2D eigenvalue weighted by atomic mass is 9.98. The Labute approximate surface area is 223 Å². The molecule has 0 radical (unpaired) electrons. The Morgan fingerprint density at radius 2 is 1.71 bits per heavy atom. The number of ether oxygens (including phenoxy) is 2. The summed E-state index contributed by atoms with van der Waals surface area (Å²) in [4.78, 5) is 42.5. The SMILES string of the molecule is [C-]#[N+][C@H]1CCCN1C(=O)C(CCCCNC(=O)OCC1c2ccccc2-c2ccccc21)NC(=O)OCC. The standard InChI is InChI=1S/C29H34N4O5/c1-3-37-29(36)32-25(27(34)33-18-10-16-26(33)30-2)15-8-9-17-31-28(35)38-19-24-22-13-6-4-11-20(22)21-12-5-7-14-23(21)24/h4-7,11-14,24-26H,3,8-10,15-19H2,1H3,(H,31,35)(H,32,36)/t25?,26-/m1/s1. The first-order chi connectivity index (χ1) is 18.5. The number of amides is 3. The average Bonchev–Trinajstić information content (AvgIpc) is 3.53. The summed E-state index contributed by atoms with van der Waals surface area (Å²) in [6.07, 6.45) is 1.37. The minimum Gasteiger partial charge on any atom is -0.450 e. The normalized spacial score (nSPS) is 16.6. The van der Waals surface area contributed by atoms with Gasteiger partial charge in [0.15, 0.2) is 0 Å². The third-order valence-electron chi connectivity index (χ3n) is 7.05. The molecule has 1 saturated heterocycles. The van der Waals surface area contributed by atoms with E-state index >= 15 is 0 Å². The molecule has 2 N–H and O–H groups in total. The van der Waals surface area contributed by atoms with Gasteiger partial charge in [-0.25, -0.2) is 16.2 Å². The number of fused-ring (bicyclic) bond motifs is 3. The molecular weight excluding hydrogens is 484 g/mol. The summed E-state index contributed by atoms with van der Waals surface area (Å²) in [7, 11) is 0.